The second kappa shape index (κ2) is 10.9. The summed E-state index contributed by atoms with van der Waals surface area (Å²) in [6.45, 7) is 10.4. The smallest absolute Gasteiger partial charge is 0.244 e. The highest BCUT2D eigenvalue weighted by atomic mass is 16.5. The summed E-state index contributed by atoms with van der Waals surface area (Å²) >= 11 is 0. The molecule has 2 aliphatic rings. The number of hydrogen-bond acceptors (Lipinski definition) is 6. The topological polar surface area (TPSA) is 66.7 Å². The Labute approximate surface area is 168 Å². The standard InChI is InChI=1S/C20H36N6O2/c1-3-24-8-4-5-19(24)14-25(20(27)15-26-17-21-16-22-26)13-18-6-9-23(10-7-18)11-12-28-2/h16-19H,3-15H2,1-2H3/t19-/m1/s1. The van der Waals surface area contributed by atoms with Gasteiger partial charge >= 0.3 is 0 Å². The summed E-state index contributed by atoms with van der Waals surface area (Å²) in [5, 5.41) is 4.12. The third-order valence-electron chi connectivity index (χ3n) is 6.25. The third kappa shape index (κ3) is 5.99. The summed E-state index contributed by atoms with van der Waals surface area (Å²) < 4.78 is 6.83. The molecule has 8 nitrogen and oxygen atoms in total. The van der Waals surface area contributed by atoms with Gasteiger partial charge in [0.1, 0.15) is 19.2 Å². The molecule has 28 heavy (non-hydrogen) atoms. The first-order valence-corrected chi connectivity index (χ1v) is 10.7. The van der Waals surface area contributed by atoms with E-state index in [4.69, 9.17) is 4.74 Å². The number of hydrogen-bond donors (Lipinski definition) is 0. The number of carbonyl (C=O) groups excluding carboxylic acids is 1. The Bertz CT molecular complexity index is 573. The number of likely N-dealkylation sites (tertiary alicyclic amines) is 2. The molecule has 2 fully saturated rings. The number of nitrogens with zero attached hydrogens (tertiary/aromatic N) is 6. The first kappa shape index (κ1) is 21.2. The van der Waals surface area contributed by atoms with Gasteiger partial charge in [0.25, 0.3) is 0 Å². The number of amides is 1. The number of carbonyl (C=O) groups is 1. The van der Waals surface area contributed by atoms with Crippen molar-refractivity contribution < 1.29 is 9.53 Å². The van der Waals surface area contributed by atoms with Crippen LogP contribution in [0.2, 0.25) is 0 Å². The molecule has 0 aliphatic carbocycles. The maximum Gasteiger partial charge on any atom is 0.244 e. The van der Waals surface area contributed by atoms with Gasteiger partial charge in [-0.3, -0.25) is 9.69 Å². The van der Waals surface area contributed by atoms with Gasteiger partial charge in [0, 0.05) is 32.8 Å². The lowest BCUT2D eigenvalue weighted by Crippen LogP contribution is -2.47. The van der Waals surface area contributed by atoms with E-state index >= 15 is 0 Å². The fraction of sp³-hybridized carbons (Fsp3) is 0.850. The van der Waals surface area contributed by atoms with E-state index in [9.17, 15) is 4.79 Å². The van der Waals surface area contributed by atoms with Gasteiger partial charge in [-0.25, -0.2) is 9.67 Å². The van der Waals surface area contributed by atoms with Crippen molar-refractivity contribution in [2.24, 2.45) is 5.92 Å². The van der Waals surface area contributed by atoms with Crippen LogP contribution in [0.3, 0.4) is 0 Å². The average molecular weight is 393 g/mol. The lowest BCUT2D eigenvalue weighted by Gasteiger charge is -2.36. The molecule has 1 atom stereocenters. The van der Waals surface area contributed by atoms with Crippen molar-refractivity contribution in [1.82, 2.24) is 29.5 Å². The van der Waals surface area contributed by atoms with Crippen LogP contribution < -0.4 is 0 Å². The van der Waals surface area contributed by atoms with Crippen LogP contribution in [0.15, 0.2) is 12.7 Å². The van der Waals surface area contributed by atoms with Crippen molar-refractivity contribution in [2.75, 3.05) is 59.5 Å². The predicted molar refractivity (Wildman–Crippen MR) is 108 cm³/mol. The minimum atomic E-state index is 0.162. The van der Waals surface area contributed by atoms with E-state index < -0.39 is 0 Å². The molecule has 1 amide bonds. The summed E-state index contributed by atoms with van der Waals surface area (Å²) in [7, 11) is 1.76. The zero-order chi connectivity index (χ0) is 19.8. The molecule has 0 unspecified atom stereocenters. The molecule has 0 N–H and O–H groups in total. The molecule has 2 aliphatic heterocycles. The summed E-state index contributed by atoms with van der Waals surface area (Å²) in [5.74, 6) is 0.741. The van der Waals surface area contributed by atoms with E-state index in [1.807, 2.05) is 0 Å². The molecule has 0 spiro atoms. The number of rotatable bonds is 10. The van der Waals surface area contributed by atoms with Crippen LogP contribution in [0.25, 0.3) is 0 Å². The second-order valence-corrected chi connectivity index (χ2v) is 8.09. The Balaban J connectivity index is 1.57. The Morgan fingerprint density at radius 2 is 2.04 bits per heavy atom. The van der Waals surface area contributed by atoms with Gasteiger partial charge in [0.05, 0.1) is 6.61 Å². The molecule has 158 valence electrons. The fourth-order valence-corrected chi connectivity index (χ4v) is 4.53. The van der Waals surface area contributed by atoms with Crippen molar-refractivity contribution in [3.05, 3.63) is 12.7 Å². The zero-order valence-corrected chi connectivity index (χ0v) is 17.5. The van der Waals surface area contributed by atoms with E-state index in [-0.39, 0.29) is 12.5 Å². The molecule has 3 heterocycles. The lowest BCUT2D eigenvalue weighted by atomic mass is 9.95. The van der Waals surface area contributed by atoms with E-state index in [0.29, 0.717) is 12.0 Å². The summed E-state index contributed by atoms with van der Waals surface area (Å²) in [6.07, 6.45) is 7.84. The van der Waals surface area contributed by atoms with Crippen LogP contribution in [0.1, 0.15) is 32.6 Å². The summed E-state index contributed by atoms with van der Waals surface area (Å²) in [5.41, 5.74) is 0. The van der Waals surface area contributed by atoms with Gasteiger partial charge in [-0.15, -0.1) is 0 Å². The predicted octanol–water partition coefficient (Wildman–Crippen LogP) is 0.949. The molecule has 2 saturated heterocycles. The molecular weight excluding hydrogens is 356 g/mol. The van der Waals surface area contributed by atoms with Gasteiger partial charge < -0.3 is 14.5 Å². The van der Waals surface area contributed by atoms with Crippen LogP contribution in [0.4, 0.5) is 0 Å². The number of piperidine rings is 1. The largest absolute Gasteiger partial charge is 0.383 e. The van der Waals surface area contributed by atoms with E-state index in [0.717, 1.165) is 65.3 Å². The maximum atomic E-state index is 13.1. The first-order valence-electron chi connectivity index (χ1n) is 10.7. The van der Waals surface area contributed by atoms with E-state index in [1.165, 1.54) is 19.2 Å². The van der Waals surface area contributed by atoms with Crippen molar-refractivity contribution in [2.45, 2.75) is 45.2 Å². The zero-order valence-electron chi connectivity index (χ0n) is 17.5. The van der Waals surface area contributed by atoms with E-state index in [2.05, 4.69) is 31.7 Å². The minimum Gasteiger partial charge on any atom is -0.383 e. The fourth-order valence-electron chi connectivity index (χ4n) is 4.53. The minimum absolute atomic E-state index is 0.162. The molecule has 8 heteroatoms. The lowest BCUT2D eigenvalue weighted by molar-refractivity contribution is -0.133. The summed E-state index contributed by atoms with van der Waals surface area (Å²) in [6, 6.07) is 0.492. The molecule has 0 saturated carbocycles. The average Bonchev–Trinajstić information content (AvgIpc) is 3.38. The Morgan fingerprint density at radius 3 is 2.71 bits per heavy atom. The quantitative estimate of drug-likeness (QED) is 0.591. The van der Waals surface area contributed by atoms with Gasteiger partial charge in [-0.2, -0.15) is 5.10 Å². The van der Waals surface area contributed by atoms with E-state index in [1.54, 1.807) is 18.1 Å². The van der Waals surface area contributed by atoms with Gasteiger partial charge in [0.15, 0.2) is 0 Å². The highest BCUT2D eigenvalue weighted by Crippen LogP contribution is 2.22. The Kier molecular flexibility index (Phi) is 8.24. The third-order valence-corrected chi connectivity index (χ3v) is 6.25. The molecule has 3 rings (SSSR count). The van der Waals surface area contributed by atoms with Gasteiger partial charge in [-0.1, -0.05) is 6.92 Å². The van der Waals surface area contributed by atoms with Crippen molar-refractivity contribution in [3.8, 4) is 0 Å². The molecule has 0 bridgehead atoms. The highest BCUT2D eigenvalue weighted by Gasteiger charge is 2.29. The van der Waals surface area contributed by atoms with Crippen LogP contribution in [-0.4, -0.2) is 101 Å². The molecular formula is C20H36N6O2. The molecule has 0 aromatic carbocycles. The number of methoxy groups -OCH3 is 1. The second-order valence-electron chi connectivity index (χ2n) is 8.09. The van der Waals surface area contributed by atoms with Gasteiger partial charge in [0.2, 0.25) is 5.91 Å². The van der Waals surface area contributed by atoms with Crippen molar-refractivity contribution in [3.63, 3.8) is 0 Å². The highest BCUT2D eigenvalue weighted by molar-refractivity contribution is 5.76. The molecule has 1 aromatic heterocycles. The number of likely N-dealkylation sites (N-methyl/N-ethyl adjacent to an activating group) is 1. The molecule has 0 radical (unpaired) electrons. The normalized spacial score (nSPS) is 22.0. The first-order chi connectivity index (χ1) is 13.7. The SMILES string of the molecule is CCN1CCC[C@@H]1CN(CC1CCN(CCOC)CC1)C(=O)Cn1cncn1. The van der Waals surface area contributed by atoms with Crippen molar-refractivity contribution >= 4 is 5.91 Å². The Hall–Kier alpha value is -1.51. The Morgan fingerprint density at radius 1 is 1.21 bits per heavy atom. The van der Waals surface area contributed by atoms with Gasteiger partial charge in [-0.05, 0) is 57.8 Å². The monoisotopic (exact) mass is 392 g/mol. The summed E-state index contributed by atoms with van der Waals surface area (Å²) in [4.78, 5) is 24.1. The van der Waals surface area contributed by atoms with Crippen LogP contribution >= 0.6 is 0 Å². The number of aromatic nitrogens is 3. The van der Waals surface area contributed by atoms with Crippen LogP contribution in [0, 0.1) is 5.92 Å². The van der Waals surface area contributed by atoms with Crippen molar-refractivity contribution in [1.29, 1.82) is 0 Å². The van der Waals surface area contributed by atoms with Crippen LogP contribution in [-0.2, 0) is 16.1 Å². The molecule has 1 aromatic rings. The van der Waals surface area contributed by atoms with Crippen LogP contribution in [0.5, 0.6) is 0 Å². The number of ether oxygens (including phenoxy) is 1. The maximum absolute atomic E-state index is 13.1.